The first-order valence-corrected chi connectivity index (χ1v) is 7.88. The first-order chi connectivity index (χ1) is 12.8. The minimum Gasteiger partial charge on any atom is -0.504 e. The van der Waals surface area contributed by atoms with Crippen LogP contribution in [0.15, 0.2) is 28.8 Å². The molecular formula is C16H12ClN3O7. The van der Waals surface area contributed by atoms with Crippen LogP contribution < -0.4 is 0 Å². The molecular weight excluding hydrogens is 382 g/mol. The Bertz CT molecular complexity index is 1040. The molecule has 0 bridgehead atoms. The molecule has 11 heteroatoms. The average Bonchev–Trinajstić information content (AvgIpc) is 3.10. The van der Waals surface area contributed by atoms with Gasteiger partial charge in [-0.2, -0.15) is 4.98 Å². The number of nitro benzene ring substituents is 1. The summed E-state index contributed by atoms with van der Waals surface area (Å²) in [6.07, 6.45) is 0.590. The molecule has 0 aliphatic heterocycles. The van der Waals surface area contributed by atoms with Crippen molar-refractivity contribution in [2.24, 2.45) is 0 Å². The maximum atomic E-state index is 10.9. The van der Waals surface area contributed by atoms with Gasteiger partial charge in [-0.15, -0.1) is 0 Å². The van der Waals surface area contributed by atoms with E-state index in [0.29, 0.717) is 12.0 Å². The van der Waals surface area contributed by atoms with Crippen molar-refractivity contribution in [2.75, 3.05) is 0 Å². The monoisotopic (exact) mass is 393 g/mol. The molecule has 0 fully saturated rings. The number of benzene rings is 2. The molecule has 10 nitrogen and oxygen atoms in total. The molecule has 3 rings (SSSR count). The lowest BCUT2D eigenvalue weighted by atomic mass is 10.1. The molecule has 1 heterocycles. The van der Waals surface area contributed by atoms with E-state index in [0.717, 1.165) is 12.1 Å². The van der Waals surface area contributed by atoms with Crippen molar-refractivity contribution in [1.82, 2.24) is 10.1 Å². The quantitative estimate of drug-likeness (QED) is 0.290. The normalized spacial score (nSPS) is 10.9. The van der Waals surface area contributed by atoms with Gasteiger partial charge in [0.15, 0.2) is 23.1 Å². The van der Waals surface area contributed by atoms with Gasteiger partial charge in [-0.05, 0) is 24.1 Å². The molecule has 0 saturated carbocycles. The van der Waals surface area contributed by atoms with E-state index in [1.165, 1.54) is 6.07 Å². The fourth-order valence-electron chi connectivity index (χ4n) is 2.38. The summed E-state index contributed by atoms with van der Waals surface area (Å²) in [5, 5.41) is 52.8. The summed E-state index contributed by atoms with van der Waals surface area (Å²) in [6, 6.07) is 4.91. The molecule has 0 unspecified atom stereocenters. The van der Waals surface area contributed by atoms with Gasteiger partial charge in [-0.25, -0.2) is 0 Å². The molecule has 3 aromatic rings. The summed E-state index contributed by atoms with van der Waals surface area (Å²) in [5.41, 5.74) is -0.0802. The lowest BCUT2D eigenvalue weighted by Crippen LogP contribution is -1.95. The molecule has 0 radical (unpaired) electrons. The van der Waals surface area contributed by atoms with E-state index in [-0.39, 0.29) is 34.5 Å². The Kier molecular flexibility index (Phi) is 4.74. The fourth-order valence-corrected chi connectivity index (χ4v) is 2.63. The van der Waals surface area contributed by atoms with Crippen LogP contribution in [-0.2, 0) is 12.8 Å². The zero-order valence-corrected chi connectivity index (χ0v) is 14.2. The molecule has 4 N–H and O–H groups in total. The Morgan fingerprint density at radius 2 is 1.81 bits per heavy atom. The summed E-state index contributed by atoms with van der Waals surface area (Å²) >= 11 is 5.96. The van der Waals surface area contributed by atoms with Crippen LogP contribution in [0.3, 0.4) is 0 Å². The Balaban J connectivity index is 1.82. The average molecular weight is 394 g/mol. The fraction of sp³-hybridized carbons (Fsp3) is 0.125. The minimum atomic E-state index is -0.856. The molecule has 140 valence electrons. The smallest absolute Gasteiger partial charge is 0.315 e. The van der Waals surface area contributed by atoms with Gasteiger partial charge in [0.1, 0.15) is 0 Å². The molecule has 0 saturated heterocycles. The van der Waals surface area contributed by atoms with Crippen molar-refractivity contribution in [3.05, 3.63) is 50.8 Å². The van der Waals surface area contributed by atoms with Gasteiger partial charge in [0.2, 0.25) is 5.75 Å². The van der Waals surface area contributed by atoms with Crippen LogP contribution in [0, 0.1) is 10.1 Å². The maximum absolute atomic E-state index is 10.9. The second kappa shape index (κ2) is 7.00. The summed E-state index contributed by atoms with van der Waals surface area (Å²) in [5.74, 6) is -2.13. The number of aromatic hydroxyl groups is 4. The number of hydrogen-bond donors (Lipinski definition) is 4. The Morgan fingerprint density at radius 1 is 1.07 bits per heavy atom. The van der Waals surface area contributed by atoms with Crippen LogP contribution >= 0.6 is 11.6 Å². The van der Waals surface area contributed by atoms with Crippen LogP contribution in [-0.4, -0.2) is 35.5 Å². The van der Waals surface area contributed by atoms with E-state index in [2.05, 4.69) is 10.1 Å². The van der Waals surface area contributed by atoms with Crippen LogP contribution in [0.25, 0.3) is 11.5 Å². The van der Waals surface area contributed by atoms with E-state index < -0.39 is 27.9 Å². The van der Waals surface area contributed by atoms with Gasteiger partial charge >= 0.3 is 5.69 Å². The summed E-state index contributed by atoms with van der Waals surface area (Å²) in [7, 11) is 0. The van der Waals surface area contributed by atoms with Crippen LogP contribution in [0.5, 0.6) is 23.0 Å². The second-order valence-electron chi connectivity index (χ2n) is 5.54. The van der Waals surface area contributed by atoms with E-state index in [1.807, 2.05) is 0 Å². The molecule has 27 heavy (non-hydrogen) atoms. The number of halogens is 1. The highest BCUT2D eigenvalue weighted by atomic mass is 35.5. The predicted octanol–water partition coefficient (Wildman–Crippen LogP) is 2.91. The Hall–Kier alpha value is -3.53. The number of aryl methyl sites for hydroxylation is 2. The first kappa shape index (κ1) is 18.3. The van der Waals surface area contributed by atoms with Gasteiger partial charge in [-0.1, -0.05) is 22.8 Å². The first-order valence-electron chi connectivity index (χ1n) is 7.50. The van der Waals surface area contributed by atoms with Gasteiger partial charge < -0.3 is 24.9 Å². The highest BCUT2D eigenvalue weighted by molar-refractivity contribution is 6.33. The van der Waals surface area contributed by atoms with Gasteiger partial charge in [0.05, 0.1) is 15.5 Å². The Morgan fingerprint density at radius 3 is 2.52 bits per heavy atom. The second-order valence-corrected chi connectivity index (χ2v) is 5.92. The summed E-state index contributed by atoms with van der Waals surface area (Å²) in [4.78, 5) is 14.2. The van der Waals surface area contributed by atoms with E-state index in [9.17, 15) is 30.5 Å². The van der Waals surface area contributed by atoms with Crippen LogP contribution in [0.4, 0.5) is 5.69 Å². The summed E-state index contributed by atoms with van der Waals surface area (Å²) in [6.45, 7) is 0. The van der Waals surface area contributed by atoms with Gasteiger partial charge in [-0.3, -0.25) is 10.1 Å². The molecule has 0 aliphatic rings. The van der Waals surface area contributed by atoms with E-state index >= 15 is 0 Å². The zero-order valence-electron chi connectivity index (χ0n) is 13.5. The lowest BCUT2D eigenvalue weighted by molar-refractivity contribution is -0.385. The molecule has 2 aromatic carbocycles. The number of phenolic OH excluding ortho intramolecular Hbond substituents is 4. The van der Waals surface area contributed by atoms with E-state index in [1.54, 1.807) is 6.07 Å². The van der Waals surface area contributed by atoms with Gasteiger partial charge in [0, 0.05) is 12.5 Å². The molecule has 1 aromatic heterocycles. The van der Waals surface area contributed by atoms with Crippen molar-refractivity contribution in [3.63, 3.8) is 0 Å². The van der Waals surface area contributed by atoms with Crippen molar-refractivity contribution in [3.8, 4) is 34.5 Å². The molecule has 0 atom stereocenters. The number of rotatable bonds is 5. The lowest BCUT2D eigenvalue weighted by Gasteiger charge is -2.05. The highest BCUT2D eigenvalue weighted by Crippen LogP contribution is 2.39. The third-order valence-electron chi connectivity index (χ3n) is 3.77. The Labute approximate surface area is 156 Å². The SMILES string of the molecule is O=[N+]([O-])c1cc(-c2nc(CCc3ccc(O)c(O)c3Cl)no2)cc(O)c1O. The molecule has 0 aliphatic carbocycles. The largest absolute Gasteiger partial charge is 0.504 e. The highest BCUT2D eigenvalue weighted by Gasteiger charge is 2.22. The maximum Gasteiger partial charge on any atom is 0.315 e. The van der Waals surface area contributed by atoms with Crippen molar-refractivity contribution in [2.45, 2.75) is 12.8 Å². The number of nitrogens with zero attached hydrogens (tertiary/aromatic N) is 3. The summed E-state index contributed by atoms with van der Waals surface area (Å²) < 4.78 is 5.04. The zero-order chi connectivity index (χ0) is 19.7. The van der Waals surface area contributed by atoms with Crippen LogP contribution in [0.1, 0.15) is 11.4 Å². The van der Waals surface area contributed by atoms with Crippen LogP contribution in [0.2, 0.25) is 5.02 Å². The molecule has 0 amide bonds. The number of hydrogen-bond acceptors (Lipinski definition) is 9. The van der Waals surface area contributed by atoms with Crippen molar-refractivity contribution in [1.29, 1.82) is 0 Å². The van der Waals surface area contributed by atoms with E-state index in [4.69, 9.17) is 16.1 Å². The van der Waals surface area contributed by atoms with Crippen molar-refractivity contribution < 1.29 is 29.9 Å². The predicted molar refractivity (Wildman–Crippen MR) is 91.9 cm³/mol. The topological polar surface area (TPSA) is 163 Å². The van der Waals surface area contributed by atoms with Gasteiger partial charge in [0.25, 0.3) is 5.89 Å². The minimum absolute atomic E-state index is 0.0119. The number of phenols is 4. The molecule has 0 spiro atoms. The standard InChI is InChI=1S/C16H12ClN3O7/c17-13-7(1-3-10(21)15(13)24)2-4-12-18-16(27-19-12)8-5-9(20(25)26)14(23)11(22)6-8/h1,3,5-6,21-24H,2,4H2. The van der Waals surface area contributed by atoms with Crippen molar-refractivity contribution >= 4 is 17.3 Å². The third kappa shape index (κ3) is 3.55. The number of aromatic nitrogens is 2. The third-order valence-corrected chi connectivity index (χ3v) is 4.20. The number of nitro groups is 1.